The van der Waals surface area contributed by atoms with Gasteiger partial charge in [-0.05, 0) is 178 Å². The third-order valence-corrected chi connectivity index (χ3v) is 17.6. The Bertz CT molecular complexity index is 4720. The third kappa shape index (κ3) is 7.76. The summed E-state index contributed by atoms with van der Waals surface area (Å²) in [5.41, 5.74) is 25.7. The van der Waals surface area contributed by atoms with Crippen LogP contribution in [0.3, 0.4) is 0 Å². The van der Waals surface area contributed by atoms with E-state index in [1.165, 1.54) is 93.4 Å². The van der Waals surface area contributed by atoms with Gasteiger partial charge in [0.05, 0.1) is 11.0 Å². The molecule has 0 atom stereocenters. The van der Waals surface area contributed by atoms with E-state index in [1.807, 2.05) is 0 Å². The molecule has 3 nitrogen and oxygen atoms in total. The number of hydrogen-bond acceptors (Lipinski definition) is 2. The van der Waals surface area contributed by atoms with Crippen LogP contribution in [-0.4, -0.2) is 11.3 Å². The van der Waals surface area contributed by atoms with E-state index >= 15 is 0 Å². The van der Waals surface area contributed by atoms with Crippen LogP contribution in [0.1, 0.15) is 0 Å². The zero-order valence-corrected chi connectivity index (χ0v) is 45.9. The average Bonchev–Trinajstić information content (AvgIpc) is 0.877. The molecular weight excluding hydrogens is 1010 g/mol. The third-order valence-electron chi connectivity index (χ3n) is 17.6. The molecule has 2 aliphatic heterocycles. The molecule has 0 bridgehead atoms. The van der Waals surface area contributed by atoms with E-state index in [4.69, 9.17) is 0 Å². The normalized spacial score (nSPS) is 12.5. The smallest absolute Gasteiger partial charge is 0.252 e. The fraction of sp³-hybridized carbons (Fsp3) is 0. The van der Waals surface area contributed by atoms with Crippen molar-refractivity contribution in [2.75, 3.05) is 9.80 Å². The first-order valence-electron chi connectivity index (χ1n) is 29.1. The van der Waals surface area contributed by atoms with Crippen molar-refractivity contribution in [3.8, 4) is 61.3 Å². The summed E-state index contributed by atoms with van der Waals surface area (Å²) < 4.78 is 2.44. The van der Waals surface area contributed by atoms with Crippen LogP contribution >= 0.6 is 0 Å². The summed E-state index contributed by atoms with van der Waals surface area (Å²) in [7, 11) is 0. The lowest BCUT2D eigenvalue weighted by molar-refractivity contribution is 1.18. The Balaban J connectivity index is 1.04. The van der Waals surface area contributed by atoms with Gasteiger partial charge in [-0.25, -0.2) is 0 Å². The minimum absolute atomic E-state index is 0.136. The van der Waals surface area contributed by atoms with Crippen LogP contribution in [0.15, 0.2) is 315 Å². The maximum atomic E-state index is 2.62. The predicted molar refractivity (Wildman–Crippen MR) is 357 cm³/mol. The monoisotopic (exact) mass is 1070 g/mol. The van der Waals surface area contributed by atoms with Crippen LogP contribution in [0, 0.1) is 0 Å². The largest absolute Gasteiger partial charge is 0.311 e. The van der Waals surface area contributed by atoms with Gasteiger partial charge in [0, 0.05) is 50.6 Å². The lowest BCUT2D eigenvalue weighted by Crippen LogP contribution is -2.61. The first kappa shape index (κ1) is 47.8. The SMILES string of the molecule is c1ccc(-c2cc(-c3ccccc3)cc(N3c4cc5ccccc5cc4B4c5cc6ccccc6cc5N(c5cc(-c6ccccc6)cc(-c6ccccc6)c5)c5cc(-c6cccc7c6c6ccccc6n7-c6ccccc6)cc3c54)c2)cc1. The fourth-order valence-electron chi connectivity index (χ4n) is 13.9. The average molecular weight is 1070 g/mol. The molecule has 84 heavy (non-hydrogen) atoms. The molecule has 0 spiro atoms. The van der Waals surface area contributed by atoms with Gasteiger partial charge in [-0.15, -0.1) is 0 Å². The number of para-hydroxylation sites is 2. The van der Waals surface area contributed by atoms with E-state index in [9.17, 15) is 0 Å². The van der Waals surface area contributed by atoms with Crippen LogP contribution in [0.2, 0.25) is 0 Å². The zero-order chi connectivity index (χ0) is 55.2. The molecule has 0 fully saturated rings. The van der Waals surface area contributed by atoms with Crippen LogP contribution in [0.5, 0.6) is 0 Å². The van der Waals surface area contributed by atoms with E-state index in [1.54, 1.807) is 0 Å². The van der Waals surface area contributed by atoms with Gasteiger partial charge in [0.2, 0.25) is 0 Å². The molecule has 0 amide bonds. The lowest BCUT2D eigenvalue weighted by atomic mass is 9.33. The molecule has 14 aromatic carbocycles. The Morgan fingerprint density at radius 1 is 0.238 bits per heavy atom. The summed E-state index contributed by atoms with van der Waals surface area (Å²) in [5, 5.41) is 7.27. The second-order valence-corrected chi connectivity index (χ2v) is 22.4. The van der Waals surface area contributed by atoms with Crippen LogP contribution in [0.4, 0.5) is 34.1 Å². The van der Waals surface area contributed by atoms with Crippen molar-refractivity contribution in [1.29, 1.82) is 0 Å². The number of hydrogen-bond donors (Lipinski definition) is 0. The van der Waals surface area contributed by atoms with Gasteiger partial charge in [0.15, 0.2) is 0 Å². The van der Waals surface area contributed by atoms with Crippen molar-refractivity contribution in [2.45, 2.75) is 0 Å². The molecule has 390 valence electrons. The predicted octanol–water partition coefficient (Wildman–Crippen LogP) is 19.5. The highest BCUT2D eigenvalue weighted by atomic mass is 15.2. The van der Waals surface area contributed by atoms with E-state index in [0.29, 0.717) is 0 Å². The second kappa shape index (κ2) is 19.4. The van der Waals surface area contributed by atoms with Crippen LogP contribution in [0.25, 0.3) is 105 Å². The van der Waals surface area contributed by atoms with Gasteiger partial charge >= 0.3 is 0 Å². The lowest BCUT2D eigenvalue weighted by Gasteiger charge is -2.45. The molecule has 4 heteroatoms. The zero-order valence-electron chi connectivity index (χ0n) is 45.9. The van der Waals surface area contributed by atoms with Crippen molar-refractivity contribution in [3.63, 3.8) is 0 Å². The molecule has 3 heterocycles. The first-order chi connectivity index (χ1) is 41.6. The maximum absolute atomic E-state index is 2.62. The number of benzene rings is 14. The van der Waals surface area contributed by atoms with E-state index in [-0.39, 0.29) is 6.71 Å². The van der Waals surface area contributed by atoms with Gasteiger partial charge in [0.25, 0.3) is 6.71 Å². The minimum Gasteiger partial charge on any atom is -0.311 e. The van der Waals surface area contributed by atoms with E-state index < -0.39 is 0 Å². The quantitative estimate of drug-likeness (QED) is 0.141. The Labute approximate surface area is 488 Å². The Kier molecular flexibility index (Phi) is 11.0. The molecule has 0 N–H and O–H groups in total. The van der Waals surface area contributed by atoms with E-state index in [2.05, 4.69) is 330 Å². The Hall–Kier alpha value is -10.9. The van der Waals surface area contributed by atoms with Crippen molar-refractivity contribution in [3.05, 3.63) is 315 Å². The Morgan fingerprint density at radius 2 is 0.619 bits per heavy atom. The van der Waals surface area contributed by atoms with Gasteiger partial charge in [0.1, 0.15) is 0 Å². The summed E-state index contributed by atoms with van der Waals surface area (Å²) in [6.07, 6.45) is 0. The highest BCUT2D eigenvalue weighted by Gasteiger charge is 2.44. The summed E-state index contributed by atoms with van der Waals surface area (Å²) in [4.78, 5) is 5.24. The van der Waals surface area contributed by atoms with Crippen LogP contribution in [-0.2, 0) is 0 Å². The van der Waals surface area contributed by atoms with Crippen molar-refractivity contribution in [1.82, 2.24) is 4.57 Å². The number of nitrogens with zero attached hydrogens (tertiary/aromatic N) is 3. The van der Waals surface area contributed by atoms with Crippen molar-refractivity contribution < 1.29 is 0 Å². The summed E-state index contributed by atoms with van der Waals surface area (Å²) in [5.74, 6) is 0. The number of anilines is 6. The van der Waals surface area contributed by atoms with Crippen molar-refractivity contribution in [2.24, 2.45) is 0 Å². The molecular formula is C80H52BN3. The van der Waals surface area contributed by atoms with Crippen molar-refractivity contribution >= 4 is 101 Å². The topological polar surface area (TPSA) is 11.4 Å². The number of aromatic nitrogens is 1. The maximum Gasteiger partial charge on any atom is 0.252 e. The highest BCUT2D eigenvalue weighted by molar-refractivity contribution is 7.00. The molecule has 15 aromatic rings. The molecule has 0 saturated heterocycles. The first-order valence-corrected chi connectivity index (χ1v) is 29.1. The van der Waals surface area contributed by atoms with Gasteiger partial charge in [-0.3, -0.25) is 0 Å². The van der Waals surface area contributed by atoms with Gasteiger partial charge in [-0.1, -0.05) is 231 Å². The molecule has 0 aliphatic carbocycles. The summed E-state index contributed by atoms with van der Waals surface area (Å²) in [6, 6.07) is 117. The fourth-order valence-corrected chi connectivity index (χ4v) is 13.9. The molecule has 0 radical (unpaired) electrons. The molecule has 0 saturated carbocycles. The molecule has 1 aromatic heterocycles. The standard InChI is InChI=1S/C80H52BN3/c1-6-23-53(24-7-1)61-41-62(54-25-8-2-9-26-54)44-67(43-61)83-75-49-59-33-18-16-31-57(59)47-71(75)81-72-48-58-32-17-19-34-60(58)50-76(72)84(68-45-63(55-27-10-3-11-28-55)42-64(46-68)56-29-12-4-13-30-56)78-52-65(51-77(83)80(78)81)69-38-22-40-74-79(69)70-37-20-21-39-73(70)82(74)66-35-14-5-15-36-66/h1-52H. The van der Waals surface area contributed by atoms with Gasteiger partial charge < -0.3 is 14.4 Å². The Morgan fingerprint density at radius 3 is 1.07 bits per heavy atom. The summed E-state index contributed by atoms with van der Waals surface area (Å²) >= 11 is 0. The molecule has 0 unspecified atom stereocenters. The van der Waals surface area contributed by atoms with E-state index in [0.717, 1.165) is 61.8 Å². The second-order valence-electron chi connectivity index (χ2n) is 22.4. The molecule has 17 rings (SSSR count). The van der Waals surface area contributed by atoms with Gasteiger partial charge in [-0.2, -0.15) is 0 Å². The number of fused-ring (bicyclic) bond motifs is 9. The van der Waals surface area contributed by atoms with Crippen LogP contribution < -0.4 is 26.2 Å². The molecule has 2 aliphatic rings. The summed E-state index contributed by atoms with van der Waals surface area (Å²) in [6.45, 7) is -0.136. The highest BCUT2D eigenvalue weighted by Crippen LogP contribution is 2.51. The minimum atomic E-state index is -0.136. The number of rotatable bonds is 8.